The van der Waals surface area contributed by atoms with Crippen molar-refractivity contribution in [3.63, 3.8) is 0 Å². The van der Waals surface area contributed by atoms with Gasteiger partial charge in [-0.05, 0) is 53.6 Å². The van der Waals surface area contributed by atoms with Crippen LogP contribution >= 0.6 is 11.3 Å². The molecule has 0 amide bonds. The van der Waals surface area contributed by atoms with Crippen LogP contribution in [0, 0.1) is 5.82 Å². The number of hydrogen-bond acceptors (Lipinski definition) is 6. The average Bonchev–Trinajstić information content (AvgIpc) is 3.44. The molecule has 0 radical (unpaired) electrons. The van der Waals surface area contributed by atoms with E-state index in [1.165, 1.54) is 29.5 Å². The highest BCUT2D eigenvalue weighted by Crippen LogP contribution is 2.34. The Labute approximate surface area is 199 Å². The van der Waals surface area contributed by atoms with Crippen molar-refractivity contribution >= 4 is 11.3 Å². The highest BCUT2D eigenvalue weighted by atomic mass is 32.1. The van der Waals surface area contributed by atoms with Gasteiger partial charge in [0, 0.05) is 33.4 Å². The first-order chi connectivity index (χ1) is 16.7. The molecule has 2 N–H and O–H groups in total. The van der Waals surface area contributed by atoms with Gasteiger partial charge in [0.05, 0.1) is 12.3 Å². The first kappa shape index (κ1) is 24.4. The van der Waals surface area contributed by atoms with E-state index >= 15 is 0 Å². The number of H-pyrrole nitrogens is 2. The highest BCUT2D eigenvalue weighted by Gasteiger charge is 2.26. The topological polar surface area (TPSA) is 106 Å². The van der Waals surface area contributed by atoms with Gasteiger partial charge in [-0.3, -0.25) is 4.79 Å². The third kappa shape index (κ3) is 5.50. The van der Waals surface area contributed by atoms with Gasteiger partial charge < -0.3 is 9.72 Å². The molecule has 4 rings (SSSR count). The number of ether oxygens (including phenoxy) is 1. The lowest BCUT2D eigenvalue weighted by molar-refractivity contribution is -0.136. The maximum atomic E-state index is 14.9. The Morgan fingerprint density at radius 2 is 1.91 bits per heavy atom. The standard InChI is InChI=1S/C22H19F4N5O3S/c1-2-13-5-7-18(35-13)15-11-17(27-20(32)19(15)31-21(33)28-29-30-31)14-6-4-12(10-16(14)23)34-9-3-8-22(24,25)26/h4-7,10-11H,2-3,8-9H2,1H3,(H,27,32)(H,28,30,33). The van der Waals surface area contributed by atoms with Crippen LogP contribution in [0.4, 0.5) is 17.6 Å². The van der Waals surface area contributed by atoms with Crippen LogP contribution in [0.3, 0.4) is 0 Å². The van der Waals surface area contributed by atoms with Crippen molar-refractivity contribution in [3.05, 3.63) is 67.9 Å². The van der Waals surface area contributed by atoms with Gasteiger partial charge in [0.2, 0.25) is 0 Å². The third-order valence-electron chi connectivity index (χ3n) is 5.07. The van der Waals surface area contributed by atoms with Crippen molar-refractivity contribution in [2.24, 2.45) is 0 Å². The number of halogens is 4. The number of alkyl halides is 3. The minimum absolute atomic E-state index is 0.0392. The van der Waals surface area contributed by atoms with E-state index in [0.29, 0.717) is 10.4 Å². The number of hydrogen-bond donors (Lipinski definition) is 2. The minimum Gasteiger partial charge on any atom is -0.493 e. The molecule has 35 heavy (non-hydrogen) atoms. The zero-order chi connectivity index (χ0) is 25.2. The summed E-state index contributed by atoms with van der Waals surface area (Å²) in [6.07, 6.45) is -4.78. The molecule has 8 nitrogen and oxygen atoms in total. The maximum Gasteiger partial charge on any atom is 0.389 e. The van der Waals surface area contributed by atoms with Gasteiger partial charge in [0.1, 0.15) is 17.3 Å². The minimum atomic E-state index is -4.29. The molecule has 4 aromatic rings. The largest absolute Gasteiger partial charge is 0.493 e. The van der Waals surface area contributed by atoms with Crippen LogP contribution in [-0.2, 0) is 6.42 Å². The Balaban J connectivity index is 1.71. The van der Waals surface area contributed by atoms with Crippen LogP contribution in [0.2, 0.25) is 0 Å². The smallest absolute Gasteiger partial charge is 0.389 e. The first-order valence-corrected chi connectivity index (χ1v) is 11.3. The summed E-state index contributed by atoms with van der Waals surface area (Å²) in [7, 11) is 0. The number of nitrogens with one attached hydrogen (secondary N) is 2. The first-order valence-electron chi connectivity index (χ1n) is 10.5. The average molecular weight is 509 g/mol. The number of benzene rings is 1. The van der Waals surface area contributed by atoms with E-state index in [1.807, 2.05) is 13.0 Å². The van der Waals surface area contributed by atoms with Gasteiger partial charge in [0.25, 0.3) is 5.56 Å². The van der Waals surface area contributed by atoms with Crippen molar-refractivity contribution in [3.8, 4) is 33.1 Å². The summed E-state index contributed by atoms with van der Waals surface area (Å²) >= 11 is 1.42. The van der Waals surface area contributed by atoms with Gasteiger partial charge in [-0.2, -0.15) is 17.9 Å². The fraction of sp³-hybridized carbons (Fsp3) is 0.273. The Bertz CT molecular complexity index is 1450. The summed E-state index contributed by atoms with van der Waals surface area (Å²) in [4.78, 5) is 29.4. The zero-order valence-corrected chi connectivity index (χ0v) is 19.1. The normalized spacial score (nSPS) is 11.7. The van der Waals surface area contributed by atoms with Gasteiger partial charge >= 0.3 is 11.9 Å². The number of aromatic amines is 2. The maximum absolute atomic E-state index is 14.9. The summed E-state index contributed by atoms with van der Waals surface area (Å²) in [5.41, 5.74) is -0.935. The Kier molecular flexibility index (Phi) is 6.87. The molecule has 1 aromatic carbocycles. The number of thiophene rings is 1. The SMILES string of the molecule is CCc1ccc(-c2cc(-c3ccc(OCCCC(F)(F)F)cc3F)[nH]c(=O)c2-n2nn[nH]c2=O)s1. The van der Waals surface area contributed by atoms with Crippen LogP contribution in [-0.4, -0.2) is 38.0 Å². The predicted molar refractivity (Wildman–Crippen MR) is 121 cm³/mol. The molecule has 0 fully saturated rings. The quantitative estimate of drug-likeness (QED) is 0.270. The van der Waals surface area contributed by atoms with E-state index in [4.69, 9.17) is 4.74 Å². The molecule has 0 saturated heterocycles. The number of aryl methyl sites for hydroxylation is 1. The highest BCUT2D eigenvalue weighted by molar-refractivity contribution is 7.15. The molecule has 0 atom stereocenters. The molecule has 0 spiro atoms. The third-order valence-corrected chi connectivity index (χ3v) is 6.33. The number of nitrogens with zero attached hydrogens (tertiary/aromatic N) is 3. The summed E-state index contributed by atoms with van der Waals surface area (Å²) in [5.74, 6) is -0.681. The number of tetrazole rings is 1. The second-order valence-corrected chi connectivity index (χ2v) is 8.69. The molecule has 3 heterocycles. The van der Waals surface area contributed by atoms with Crippen LogP contribution in [0.1, 0.15) is 24.6 Å². The zero-order valence-electron chi connectivity index (χ0n) is 18.3. The van der Waals surface area contributed by atoms with Crippen molar-refractivity contribution in [2.45, 2.75) is 32.4 Å². The van der Waals surface area contributed by atoms with Crippen molar-refractivity contribution in [1.82, 2.24) is 25.2 Å². The molecule has 0 aliphatic heterocycles. The van der Waals surface area contributed by atoms with Crippen molar-refractivity contribution < 1.29 is 22.3 Å². The number of rotatable bonds is 8. The van der Waals surface area contributed by atoms with Crippen molar-refractivity contribution in [2.75, 3.05) is 6.61 Å². The molecule has 0 aliphatic rings. The number of aromatic nitrogens is 5. The van der Waals surface area contributed by atoms with E-state index in [9.17, 15) is 27.2 Å². The fourth-order valence-corrected chi connectivity index (χ4v) is 4.38. The second kappa shape index (κ2) is 9.86. The fourth-order valence-electron chi connectivity index (χ4n) is 3.42. The molecule has 0 bridgehead atoms. The summed E-state index contributed by atoms with van der Waals surface area (Å²) in [6.45, 7) is 1.75. The Hall–Kier alpha value is -3.74. The molecular weight excluding hydrogens is 490 g/mol. The molecule has 13 heteroatoms. The van der Waals surface area contributed by atoms with Crippen LogP contribution < -0.4 is 16.0 Å². The van der Waals surface area contributed by atoms with Crippen LogP contribution in [0.25, 0.3) is 27.4 Å². The van der Waals surface area contributed by atoms with Gasteiger partial charge in [-0.15, -0.1) is 11.3 Å². The molecule has 184 valence electrons. The predicted octanol–water partition coefficient (Wildman–Crippen LogP) is 4.46. The molecule has 0 aliphatic carbocycles. The summed E-state index contributed by atoms with van der Waals surface area (Å²) in [6, 6.07) is 9.02. The van der Waals surface area contributed by atoms with Crippen LogP contribution in [0.5, 0.6) is 5.75 Å². The van der Waals surface area contributed by atoms with E-state index < -0.39 is 29.7 Å². The second-order valence-electron chi connectivity index (χ2n) is 7.52. The lowest BCUT2D eigenvalue weighted by Crippen LogP contribution is -2.25. The summed E-state index contributed by atoms with van der Waals surface area (Å²) < 4.78 is 57.8. The Morgan fingerprint density at radius 3 is 2.54 bits per heavy atom. The van der Waals surface area contributed by atoms with E-state index in [1.54, 1.807) is 6.07 Å². The monoisotopic (exact) mass is 509 g/mol. The van der Waals surface area contributed by atoms with Crippen molar-refractivity contribution in [1.29, 1.82) is 0 Å². The van der Waals surface area contributed by atoms with Crippen LogP contribution in [0.15, 0.2) is 46.0 Å². The lowest BCUT2D eigenvalue weighted by atomic mass is 10.1. The van der Waals surface area contributed by atoms with E-state index in [-0.39, 0.29) is 35.7 Å². The molecule has 0 unspecified atom stereocenters. The molecule has 0 saturated carbocycles. The summed E-state index contributed by atoms with van der Waals surface area (Å²) in [5, 5.41) is 9.24. The Morgan fingerprint density at radius 1 is 1.11 bits per heavy atom. The lowest BCUT2D eigenvalue weighted by Gasteiger charge is -2.12. The van der Waals surface area contributed by atoms with E-state index in [0.717, 1.165) is 22.0 Å². The van der Waals surface area contributed by atoms with E-state index in [2.05, 4.69) is 20.5 Å². The van der Waals surface area contributed by atoms with Gasteiger partial charge in [0.15, 0.2) is 0 Å². The molecule has 3 aromatic heterocycles. The van der Waals surface area contributed by atoms with Gasteiger partial charge in [-0.1, -0.05) is 6.92 Å². The number of pyridine rings is 1. The van der Waals surface area contributed by atoms with Gasteiger partial charge in [-0.25, -0.2) is 14.3 Å². The molecular formula is C22H19F4N5O3S.